The summed E-state index contributed by atoms with van der Waals surface area (Å²) < 4.78 is 3.22. The average Bonchev–Trinajstić information content (AvgIpc) is 3.28. The summed E-state index contributed by atoms with van der Waals surface area (Å²) in [5, 5.41) is 5.57. The van der Waals surface area contributed by atoms with Gasteiger partial charge in [0.05, 0.1) is 5.39 Å². The van der Waals surface area contributed by atoms with E-state index >= 15 is 0 Å². The van der Waals surface area contributed by atoms with Gasteiger partial charge in [0.1, 0.15) is 5.56 Å². The Morgan fingerprint density at radius 3 is 2.32 bits per heavy atom. The average molecular weight is 545 g/mol. The summed E-state index contributed by atoms with van der Waals surface area (Å²) in [6.45, 7) is 5.54. The summed E-state index contributed by atoms with van der Waals surface area (Å²) >= 11 is 0. The number of nitrogens with two attached hydrogens (primary N) is 2. The molecular weight excluding hydrogens is 512 g/mol. The van der Waals surface area contributed by atoms with Gasteiger partial charge in [0, 0.05) is 24.6 Å². The number of primary amides is 1. The fourth-order valence-electron chi connectivity index (χ4n) is 4.49. The zero-order valence-electron chi connectivity index (χ0n) is 23.1. The third-order valence-corrected chi connectivity index (χ3v) is 6.38. The molecule has 0 saturated carbocycles. The van der Waals surface area contributed by atoms with Gasteiger partial charge in [-0.1, -0.05) is 98.5 Å². The number of aliphatic imine (C=N–C) groups is 1. The van der Waals surface area contributed by atoms with E-state index in [1.165, 1.54) is 17.0 Å². The highest BCUT2D eigenvalue weighted by Gasteiger charge is 2.17. The van der Waals surface area contributed by atoms with Gasteiger partial charge >= 0.3 is 0 Å². The normalized spacial score (nSPS) is 11.1. The van der Waals surface area contributed by atoms with Gasteiger partial charge in [0.15, 0.2) is 11.6 Å². The lowest BCUT2D eigenvalue weighted by Gasteiger charge is -2.14. The van der Waals surface area contributed by atoms with E-state index in [1.807, 2.05) is 77.4 Å². The number of benzene rings is 3. The number of amides is 1. The first-order chi connectivity index (χ1) is 19.8. The predicted molar refractivity (Wildman–Crippen MR) is 169 cm³/mol. The Morgan fingerprint density at radius 1 is 1.00 bits per heavy atom. The molecule has 0 spiro atoms. The van der Waals surface area contributed by atoms with Crippen LogP contribution >= 0.6 is 0 Å². The number of rotatable bonds is 7. The quantitative estimate of drug-likeness (QED) is 0.201. The van der Waals surface area contributed by atoms with Crippen molar-refractivity contribution in [2.45, 2.75) is 13.3 Å². The third-order valence-electron chi connectivity index (χ3n) is 6.38. The van der Waals surface area contributed by atoms with E-state index in [9.17, 15) is 9.59 Å². The van der Waals surface area contributed by atoms with Gasteiger partial charge < -0.3 is 11.5 Å². The van der Waals surface area contributed by atoms with Crippen LogP contribution in [0.5, 0.6) is 0 Å². The van der Waals surface area contributed by atoms with Gasteiger partial charge in [-0.3, -0.25) is 14.2 Å². The van der Waals surface area contributed by atoms with E-state index in [1.54, 1.807) is 7.05 Å². The van der Waals surface area contributed by atoms with Crippen LogP contribution in [0.15, 0.2) is 107 Å². The first-order valence-electron chi connectivity index (χ1n) is 13.1. The Kier molecular flexibility index (Phi) is 9.06. The Hall–Kier alpha value is -5.50. The maximum absolute atomic E-state index is 13.5. The second kappa shape index (κ2) is 13.0. The second-order valence-electron chi connectivity index (χ2n) is 9.11. The van der Waals surface area contributed by atoms with E-state index in [2.05, 4.69) is 47.9 Å². The molecule has 0 fully saturated rings. The zero-order valence-corrected chi connectivity index (χ0v) is 23.1. The highest BCUT2D eigenvalue weighted by atomic mass is 16.1. The molecule has 0 radical (unpaired) electrons. The van der Waals surface area contributed by atoms with Crippen LogP contribution < -0.4 is 17.0 Å². The molecule has 2 aromatic heterocycles. The Morgan fingerprint density at radius 2 is 1.68 bits per heavy atom. The number of allylic oxidation sites excluding steroid dienone is 1. The zero-order chi connectivity index (χ0) is 29.4. The van der Waals surface area contributed by atoms with Crippen molar-refractivity contribution in [3.05, 3.63) is 130 Å². The molecule has 1 amide bonds. The molecule has 4 N–H and O–H groups in total. The fourth-order valence-corrected chi connectivity index (χ4v) is 4.49. The van der Waals surface area contributed by atoms with Crippen LogP contribution in [0.3, 0.4) is 0 Å². The van der Waals surface area contributed by atoms with Gasteiger partial charge in [0.2, 0.25) is 0 Å². The molecule has 0 atom stereocenters. The number of fused-ring (bicyclic) bond motifs is 1. The first-order valence-corrected chi connectivity index (χ1v) is 13.1. The van der Waals surface area contributed by atoms with Crippen molar-refractivity contribution in [2.75, 3.05) is 5.73 Å². The Labute approximate surface area is 238 Å². The summed E-state index contributed by atoms with van der Waals surface area (Å²) in [5.41, 5.74) is 14.7. The van der Waals surface area contributed by atoms with Crippen LogP contribution in [0, 0.1) is 0 Å². The van der Waals surface area contributed by atoms with Crippen LogP contribution in [0.4, 0.5) is 11.6 Å². The number of aryl methyl sites for hydroxylation is 2. The number of hydrogen-bond donors (Lipinski definition) is 2. The van der Waals surface area contributed by atoms with E-state index in [-0.39, 0.29) is 16.9 Å². The number of nitrogen functional groups attached to an aromatic ring is 1. The molecule has 3 aromatic carbocycles. The van der Waals surface area contributed by atoms with Crippen molar-refractivity contribution in [1.82, 2.24) is 14.3 Å². The molecule has 206 valence electrons. The van der Waals surface area contributed by atoms with Crippen molar-refractivity contribution in [2.24, 2.45) is 17.8 Å². The van der Waals surface area contributed by atoms with Gasteiger partial charge in [-0.15, -0.1) is 0 Å². The minimum Gasteiger partial charge on any atom is -0.381 e. The van der Waals surface area contributed by atoms with Gasteiger partial charge in [-0.2, -0.15) is 5.10 Å². The SMILES string of the molecule is C=C/C=N\c1c(C(N)=O)c(N)nn1C.CCc1cc2cccc(/C=C/c3ccccc3)c2c(=O)n1-c1ccccc1. The maximum atomic E-state index is 13.5. The minimum atomic E-state index is -0.646. The standard InChI is InChI=1S/C25H21NO.C8H11N5O/c1-2-22-18-21-13-9-12-20(17-16-19-10-5-3-6-11-19)24(21)25(27)26(22)23-14-7-4-8-15-23;1-3-4-11-8-5(7(10)14)6(9)12-13(8)2/h3-18H,2H2,1H3;3-4H,1H2,2H3,(H2,9,12)(H2,10,14)/b17-16+;11-4-. The Balaban J connectivity index is 0.000000234. The number of pyridine rings is 1. The van der Waals surface area contributed by atoms with Crippen LogP contribution in [0.2, 0.25) is 0 Å². The highest BCUT2D eigenvalue weighted by molar-refractivity contribution is 6.02. The summed E-state index contributed by atoms with van der Waals surface area (Å²) in [7, 11) is 1.62. The van der Waals surface area contributed by atoms with Crippen molar-refractivity contribution < 1.29 is 4.79 Å². The largest absolute Gasteiger partial charge is 0.381 e. The molecule has 8 nitrogen and oxygen atoms in total. The number of carbonyl (C=O) groups is 1. The van der Waals surface area contributed by atoms with Crippen molar-refractivity contribution in [3.63, 3.8) is 0 Å². The summed E-state index contributed by atoms with van der Waals surface area (Å²) in [5.74, 6) is -0.238. The van der Waals surface area contributed by atoms with Gasteiger partial charge in [-0.25, -0.2) is 9.67 Å². The molecule has 0 aliphatic heterocycles. The number of para-hydroxylation sites is 1. The van der Waals surface area contributed by atoms with Crippen LogP contribution in [0.25, 0.3) is 28.6 Å². The highest BCUT2D eigenvalue weighted by Crippen LogP contribution is 2.23. The van der Waals surface area contributed by atoms with Crippen LogP contribution in [-0.2, 0) is 13.5 Å². The monoisotopic (exact) mass is 544 g/mol. The molecule has 0 aliphatic rings. The molecule has 41 heavy (non-hydrogen) atoms. The number of aromatic nitrogens is 3. The first kappa shape index (κ1) is 28.5. The smallest absolute Gasteiger partial charge is 0.263 e. The Bertz CT molecular complexity index is 1800. The summed E-state index contributed by atoms with van der Waals surface area (Å²) in [4.78, 5) is 28.4. The van der Waals surface area contributed by atoms with E-state index < -0.39 is 5.91 Å². The lowest BCUT2D eigenvalue weighted by atomic mass is 10.0. The molecule has 0 saturated heterocycles. The lowest BCUT2D eigenvalue weighted by molar-refractivity contribution is 0.100. The molecule has 5 rings (SSSR count). The molecular formula is C33H32N6O2. The molecule has 0 unspecified atom stereocenters. The molecule has 0 aliphatic carbocycles. The summed E-state index contributed by atoms with van der Waals surface area (Å²) in [6, 6.07) is 28.2. The number of carbonyl (C=O) groups excluding carboxylic acids is 1. The molecule has 8 heteroatoms. The van der Waals surface area contributed by atoms with Crippen LogP contribution in [0.1, 0.15) is 34.1 Å². The third kappa shape index (κ3) is 6.39. The van der Waals surface area contributed by atoms with E-state index in [0.29, 0.717) is 5.82 Å². The lowest BCUT2D eigenvalue weighted by Crippen LogP contribution is -2.22. The molecule has 2 heterocycles. The van der Waals surface area contributed by atoms with Gasteiger partial charge in [-0.05, 0) is 41.1 Å². The maximum Gasteiger partial charge on any atom is 0.263 e. The fraction of sp³-hybridized carbons (Fsp3) is 0.0909. The van der Waals surface area contributed by atoms with E-state index in [4.69, 9.17) is 11.5 Å². The second-order valence-corrected chi connectivity index (χ2v) is 9.11. The van der Waals surface area contributed by atoms with Crippen LogP contribution in [-0.4, -0.2) is 26.5 Å². The summed E-state index contributed by atoms with van der Waals surface area (Å²) in [6.07, 6.45) is 7.79. The minimum absolute atomic E-state index is 0.0314. The van der Waals surface area contributed by atoms with E-state index in [0.717, 1.165) is 39.7 Å². The van der Waals surface area contributed by atoms with Crippen molar-refractivity contribution >= 4 is 46.7 Å². The van der Waals surface area contributed by atoms with Crippen molar-refractivity contribution in [3.8, 4) is 5.69 Å². The number of hydrogen-bond acceptors (Lipinski definition) is 5. The van der Waals surface area contributed by atoms with Gasteiger partial charge in [0.25, 0.3) is 11.5 Å². The predicted octanol–water partition coefficient (Wildman–Crippen LogP) is 5.71. The topological polar surface area (TPSA) is 121 Å². The number of anilines is 1. The van der Waals surface area contributed by atoms with Crippen molar-refractivity contribution in [1.29, 1.82) is 0 Å². The number of nitrogens with zero attached hydrogens (tertiary/aromatic N) is 4. The molecule has 0 bridgehead atoms. The molecule has 5 aromatic rings.